The second-order valence-electron chi connectivity index (χ2n) is 4.35. The van der Waals surface area contributed by atoms with Gasteiger partial charge in [0.2, 0.25) is 0 Å². The van der Waals surface area contributed by atoms with E-state index in [1.54, 1.807) is 0 Å². The monoisotopic (exact) mass is 246 g/mol. The molecule has 0 aromatic heterocycles. The van der Waals surface area contributed by atoms with Gasteiger partial charge in [-0.05, 0) is 17.5 Å². The van der Waals surface area contributed by atoms with E-state index < -0.39 is 0 Å². The molecule has 0 aliphatic carbocycles. The molecule has 1 fully saturated rings. The number of benzene rings is 2. The summed E-state index contributed by atoms with van der Waals surface area (Å²) < 4.78 is 0. The average molecular weight is 247 g/mol. The second-order valence-corrected chi connectivity index (χ2v) is 4.76. The van der Waals surface area contributed by atoms with Gasteiger partial charge in [0.25, 0.3) is 0 Å². The smallest absolute Gasteiger partial charge is 0.0505 e. The molecule has 1 aliphatic rings. The number of rotatable bonds is 1. The average Bonchev–Trinajstić information content (AvgIpc) is 2.39. The van der Waals surface area contributed by atoms with Gasteiger partial charge in [-0.3, -0.25) is 0 Å². The van der Waals surface area contributed by atoms with E-state index in [9.17, 15) is 0 Å². The highest BCUT2D eigenvalue weighted by Crippen LogP contribution is 2.32. The highest BCUT2D eigenvalue weighted by atomic mass is 35.5. The summed E-state index contributed by atoms with van der Waals surface area (Å²) in [5.74, 6) is 0. The molecule has 0 unspecified atom stereocenters. The Morgan fingerprint density at radius 1 is 1.00 bits per heavy atom. The predicted molar refractivity (Wildman–Crippen MR) is 74.0 cm³/mol. The van der Waals surface area contributed by atoms with Crippen molar-refractivity contribution in [2.24, 2.45) is 0 Å². The molecule has 0 atom stereocenters. The van der Waals surface area contributed by atoms with Gasteiger partial charge in [0.05, 0.1) is 5.02 Å². The molecule has 0 bridgehead atoms. The van der Waals surface area contributed by atoms with Gasteiger partial charge in [0, 0.05) is 37.3 Å². The van der Waals surface area contributed by atoms with E-state index in [-0.39, 0.29) is 0 Å². The number of halogens is 1. The van der Waals surface area contributed by atoms with Gasteiger partial charge in [-0.2, -0.15) is 0 Å². The van der Waals surface area contributed by atoms with Crippen LogP contribution >= 0.6 is 11.6 Å². The highest BCUT2D eigenvalue weighted by Gasteiger charge is 2.14. The van der Waals surface area contributed by atoms with Crippen LogP contribution in [0.3, 0.4) is 0 Å². The van der Waals surface area contributed by atoms with Crippen LogP contribution in [0.1, 0.15) is 0 Å². The Morgan fingerprint density at radius 2 is 1.71 bits per heavy atom. The Hall–Kier alpha value is -1.25. The van der Waals surface area contributed by atoms with Crippen LogP contribution in [0.5, 0.6) is 0 Å². The van der Waals surface area contributed by atoms with Crippen LogP contribution in [0.15, 0.2) is 36.4 Å². The Balaban J connectivity index is 2.14. The molecule has 17 heavy (non-hydrogen) atoms. The van der Waals surface area contributed by atoms with Crippen molar-refractivity contribution in [1.82, 2.24) is 5.32 Å². The van der Waals surface area contributed by atoms with Crippen molar-refractivity contribution in [3.63, 3.8) is 0 Å². The van der Waals surface area contributed by atoms with Crippen molar-refractivity contribution in [1.29, 1.82) is 0 Å². The summed E-state index contributed by atoms with van der Waals surface area (Å²) in [4.78, 5) is 2.41. The summed E-state index contributed by atoms with van der Waals surface area (Å²) >= 11 is 6.34. The molecule has 2 nitrogen and oxygen atoms in total. The molecule has 1 N–H and O–H groups in total. The van der Waals surface area contributed by atoms with E-state index in [4.69, 9.17) is 11.6 Å². The molecular formula is C14H15ClN2. The first-order valence-electron chi connectivity index (χ1n) is 5.99. The quantitative estimate of drug-likeness (QED) is 0.833. The molecule has 0 amide bonds. The van der Waals surface area contributed by atoms with Gasteiger partial charge in [-0.25, -0.2) is 0 Å². The lowest BCUT2D eigenvalue weighted by Crippen LogP contribution is -2.43. The molecule has 0 radical (unpaired) electrons. The van der Waals surface area contributed by atoms with Gasteiger partial charge in [-0.15, -0.1) is 0 Å². The number of piperazine rings is 1. The summed E-state index contributed by atoms with van der Waals surface area (Å²) in [6.07, 6.45) is 0. The van der Waals surface area contributed by atoms with Crippen LogP contribution in [0.25, 0.3) is 10.8 Å². The topological polar surface area (TPSA) is 15.3 Å². The molecule has 1 aliphatic heterocycles. The van der Waals surface area contributed by atoms with Gasteiger partial charge >= 0.3 is 0 Å². The minimum Gasteiger partial charge on any atom is -0.368 e. The van der Waals surface area contributed by atoms with Gasteiger partial charge in [0.15, 0.2) is 0 Å². The molecule has 1 heterocycles. The number of nitrogens with zero attached hydrogens (tertiary/aromatic N) is 1. The van der Waals surface area contributed by atoms with Crippen LogP contribution in [0.2, 0.25) is 5.02 Å². The Bertz CT molecular complexity index is 527. The van der Waals surface area contributed by atoms with E-state index in [1.165, 1.54) is 16.5 Å². The number of hydrogen-bond acceptors (Lipinski definition) is 2. The summed E-state index contributed by atoms with van der Waals surface area (Å²) in [7, 11) is 0. The maximum Gasteiger partial charge on any atom is 0.0505 e. The first-order valence-corrected chi connectivity index (χ1v) is 6.37. The fourth-order valence-corrected chi connectivity index (χ4v) is 2.72. The Labute approximate surface area is 106 Å². The Kier molecular flexibility index (Phi) is 2.91. The zero-order valence-electron chi connectivity index (χ0n) is 9.62. The SMILES string of the molecule is Clc1cccc2cccc(N3CCNCC3)c12. The maximum atomic E-state index is 6.34. The fraction of sp³-hybridized carbons (Fsp3) is 0.286. The van der Waals surface area contributed by atoms with Gasteiger partial charge < -0.3 is 10.2 Å². The highest BCUT2D eigenvalue weighted by molar-refractivity contribution is 6.36. The van der Waals surface area contributed by atoms with Crippen molar-refractivity contribution in [2.45, 2.75) is 0 Å². The van der Waals surface area contributed by atoms with Crippen molar-refractivity contribution >= 4 is 28.1 Å². The molecule has 2 aromatic carbocycles. The van der Waals surface area contributed by atoms with Crippen LogP contribution < -0.4 is 10.2 Å². The summed E-state index contributed by atoms with van der Waals surface area (Å²) in [6.45, 7) is 4.18. The lowest BCUT2D eigenvalue weighted by Gasteiger charge is -2.30. The molecule has 3 heteroatoms. The van der Waals surface area contributed by atoms with Gasteiger partial charge in [0.1, 0.15) is 0 Å². The number of anilines is 1. The van der Waals surface area contributed by atoms with E-state index in [2.05, 4.69) is 34.5 Å². The lowest BCUT2D eigenvalue weighted by molar-refractivity contribution is 0.590. The first kappa shape index (κ1) is 10.9. The Morgan fingerprint density at radius 3 is 2.47 bits per heavy atom. The largest absolute Gasteiger partial charge is 0.368 e. The molecule has 3 rings (SSSR count). The lowest BCUT2D eigenvalue weighted by atomic mass is 10.1. The summed E-state index contributed by atoms with van der Waals surface area (Å²) in [5.41, 5.74) is 1.26. The minimum absolute atomic E-state index is 0.844. The third-order valence-electron chi connectivity index (χ3n) is 3.29. The molecule has 88 valence electrons. The third-order valence-corrected chi connectivity index (χ3v) is 3.60. The van der Waals surface area contributed by atoms with Crippen LogP contribution in [0.4, 0.5) is 5.69 Å². The van der Waals surface area contributed by atoms with Crippen LogP contribution in [-0.2, 0) is 0 Å². The van der Waals surface area contributed by atoms with E-state index >= 15 is 0 Å². The number of fused-ring (bicyclic) bond motifs is 1. The zero-order chi connectivity index (χ0) is 11.7. The summed E-state index contributed by atoms with van der Waals surface area (Å²) in [6, 6.07) is 12.5. The van der Waals surface area contributed by atoms with Crippen molar-refractivity contribution in [2.75, 3.05) is 31.1 Å². The molecule has 0 saturated carbocycles. The number of hydrogen-bond donors (Lipinski definition) is 1. The van der Waals surface area contributed by atoms with Gasteiger partial charge in [-0.1, -0.05) is 35.9 Å². The van der Waals surface area contributed by atoms with E-state index in [0.717, 1.165) is 31.2 Å². The molecule has 2 aromatic rings. The maximum absolute atomic E-state index is 6.34. The molecule has 1 saturated heterocycles. The van der Waals surface area contributed by atoms with Crippen molar-refractivity contribution < 1.29 is 0 Å². The fourth-order valence-electron chi connectivity index (χ4n) is 2.45. The van der Waals surface area contributed by atoms with Crippen molar-refractivity contribution in [3.8, 4) is 0 Å². The first-order chi connectivity index (χ1) is 8.36. The van der Waals surface area contributed by atoms with Crippen molar-refractivity contribution in [3.05, 3.63) is 41.4 Å². The van der Waals surface area contributed by atoms with E-state index in [1.807, 2.05) is 12.1 Å². The summed E-state index contributed by atoms with van der Waals surface area (Å²) in [5, 5.41) is 6.61. The zero-order valence-corrected chi connectivity index (χ0v) is 10.4. The van der Waals surface area contributed by atoms with Crippen LogP contribution in [-0.4, -0.2) is 26.2 Å². The standard InChI is InChI=1S/C14H15ClN2/c15-12-5-1-3-11-4-2-6-13(14(11)12)17-9-7-16-8-10-17/h1-6,16H,7-10H2. The second kappa shape index (κ2) is 4.55. The minimum atomic E-state index is 0.844. The van der Waals surface area contributed by atoms with Crippen LogP contribution in [0, 0.1) is 0 Å². The normalized spacial score (nSPS) is 16.4. The number of nitrogens with one attached hydrogen (secondary N) is 1. The molecule has 0 spiro atoms. The predicted octanol–water partition coefficient (Wildman–Crippen LogP) is 2.90. The van der Waals surface area contributed by atoms with E-state index in [0.29, 0.717) is 0 Å². The molecular weight excluding hydrogens is 232 g/mol. The third kappa shape index (κ3) is 1.99.